The van der Waals surface area contributed by atoms with Crippen molar-refractivity contribution in [2.75, 3.05) is 56.7 Å². The number of hydrogen-bond donors (Lipinski definition) is 1. The number of alkyl halides is 1. The van der Waals surface area contributed by atoms with Crippen molar-refractivity contribution in [2.24, 2.45) is 0 Å². The van der Waals surface area contributed by atoms with Crippen LogP contribution in [0, 0.1) is 11.6 Å². The van der Waals surface area contributed by atoms with E-state index in [1.165, 1.54) is 11.0 Å². The summed E-state index contributed by atoms with van der Waals surface area (Å²) in [5.41, 5.74) is 2.61. The van der Waals surface area contributed by atoms with Crippen molar-refractivity contribution in [3.8, 4) is 11.8 Å². The average Bonchev–Trinajstić information content (AvgIpc) is 3.68. The summed E-state index contributed by atoms with van der Waals surface area (Å²) in [6, 6.07) is 6.62. The number of fused-ring (bicyclic) bond motifs is 4. The van der Waals surface area contributed by atoms with Gasteiger partial charge < -0.3 is 24.5 Å². The minimum atomic E-state index is -0.904. The number of amides is 1. The number of halogens is 3. The summed E-state index contributed by atoms with van der Waals surface area (Å²) in [6.07, 6.45) is 2.97. The molecule has 0 spiro atoms. The van der Waals surface area contributed by atoms with Crippen molar-refractivity contribution in [3.05, 3.63) is 64.1 Å². The van der Waals surface area contributed by atoms with Crippen molar-refractivity contribution in [3.63, 3.8) is 0 Å². The number of phenols is 1. The Hall–Kier alpha value is -4.59. The number of carbonyl (C=O) groups is 1. The van der Waals surface area contributed by atoms with E-state index < -0.39 is 23.4 Å². The minimum absolute atomic E-state index is 0.0859. The van der Waals surface area contributed by atoms with Crippen LogP contribution in [-0.2, 0) is 32.5 Å². The van der Waals surface area contributed by atoms with Crippen LogP contribution in [-0.4, -0.2) is 99.2 Å². The maximum absolute atomic E-state index is 15.8. The zero-order valence-corrected chi connectivity index (χ0v) is 29.3. The highest BCUT2D eigenvalue weighted by molar-refractivity contribution is 5.98. The van der Waals surface area contributed by atoms with E-state index in [-0.39, 0.29) is 36.4 Å². The first-order valence-electron chi connectivity index (χ1n) is 17.9. The number of aromatic nitrogens is 4. The molecular formula is C37H43F3N8O3. The molecule has 2 atom stereocenters. The van der Waals surface area contributed by atoms with Crippen LogP contribution < -0.4 is 14.5 Å². The molecule has 14 heteroatoms. The molecule has 1 N–H and O–H groups in total. The summed E-state index contributed by atoms with van der Waals surface area (Å²) in [4.78, 5) is 30.2. The molecule has 0 aliphatic carbocycles. The fraction of sp³-hybridized carbons (Fsp3) is 0.514. The molecule has 4 aromatic rings. The molecular weight excluding hydrogens is 661 g/mol. The highest BCUT2D eigenvalue weighted by Crippen LogP contribution is 2.42. The van der Waals surface area contributed by atoms with Gasteiger partial charge in [-0.3, -0.25) is 14.4 Å². The Bertz CT molecular complexity index is 2020. The van der Waals surface area contributed by atoms with Gasteiger partial charge in [-0.05, 0) is 61.7 Å². The van der Waals surface area contributed by atoms with Crippen LogP contribution in [0.5, 0.6) is 11.8 Å². The van der Waals surface area contributed by atoms with Gasteiger partial charge >= 0.3 is 6.01 Å². The quantitative estimate of drug-likeness (QED) is 0.285. The number of anilines is 2. The number of phenolic OH excluding ortho intramolecular Hbond substituents is 1. The van der Waals surface area contributed by atoms with Crippen molar-refractivity contribution in [1.82, 2.24) is 29.5 Å². The fourth-order valence-corrected chi connectivity index (χ4v) is 8.65. The first kappa shape index (κ1) is 33.5. The molecule has 0 radical (unpaired) electrons. The smallest absolute Gasteiger partial charge is 0.318 e. The second-order valence-corrected chi connectivity index (χ2v) is 14.5. The van der Waals surface area contributed by atoms with Gasteiger partial charge in [-0.25, -0.2) is 13.2 Å². The monoisotopic (exact) mass is 704 g/mol. The lowest BCUT2D eigenvalue weighted by Gasteiger charge is -2.35. The molecule has 4 aliphatic rings. The maximum Gasteiger partial charge on any atom is 0.318 e. The SMILES string of the molecule is CCc1c(F)ccc2cc(O)cc(N3CCc4c(nc(OC[C@@]56CCCN5C[C@H](F)C6)nc4N4CCCn5nc(C(=O)N(C)C)c(F)c5C4)C3)c12. The number of aryl methyl sites for hydroxylation is 2. The van der Waals surface area contributed by atoms with Crippen LogP contribution in [0.3, 0.4) is 0 Å². The molecule has 270 valence electrons. The third-order valence-corrected chi connectivity index (χ3v) is 11.1. The van der Waals surface area contributed by atoms with E-state index in [0.29, 0.717) is 86.9 Å². The zero-order chi connectivity index (χ0) is 35.6. The van der Waals surface area contributed by atoms with Crippen LogP contribution in [0.15, 0.2) is 24.3 Å². The van der Waals surface area contributed by atoms with E-state index in [0.717, 1.165) is 35.7 Å². The number of rotatable bonds is 7. The summed E-state index contributed by atoms with van der Waals surface area (Å²) in [5.74, 6) is -0.712. The van der Waals surface area contributed by atoms with E-state index in [1.807, 2.05) is 11.8 Å². The van der Waals surface area contributed by atoms with Gasteiger partial charge in [-0.15, -0.1) is 0 Å². The van der Waals surface area contributed by atoms with Crippen LogP contribution in [0.4, 0.5) is 24.7 Å². The Morgan fingerprint density at radius 3 is 2.73 bits per heavy atom. The molecule has 2 aromatic carbocycles. The molecule has 1 amide bonds. The maximum atomic E-state index is 15.8. The fourth-order valence-electron chi connectivity index (χ4n) is 8.65. The summed E-state index contributed by atoms with van der Waals surface area (Å²) in [6.45, 7) is 5.42. The molecule has 0 bridgehead atoms. The summed E-state index contributed by atoms with van der Waals surface area (Å²) in [7, 11) is 3.14. The number of hydrogen-bond acceptors (Lipinski definition) is 9. The average molecular weight is 705 g/mol. The topological polar surface area (TPSA) is 103 Å². The van der Waals surface area contributed by atoms with Crippen molar-refractivity contribution in [2.45, 2.75) is 76.8 Å². The number of aromatic hydroxyl groups is 1. The highest BCUT2D eigenvalue weighted by Gasteiger charge is 2.49. The Balaban J connectivity index is 1.18. The van der Waals surface area contributed by atoms with E-state index in [9.17, 15) is 14.3 Å². The van der Waals surface area contributed by atoms with E-state index >= 15 is 8.78 Å². The molecule has 2 saturated heterocycles. The lowest BCUT2D eigenvalue weighted by atomic mass is 9.95. The van der Waals surface area contributed by atoms with Gasteiger partial charge in [-0.2, -0.15) is 15.1 Å². The van der Waals surface area contributed by atoms with Gasteiger partial charge in [0.05, 0.1) is 30.0 Å². The van der Waals surface area contributed by atoms with E-state index in [1.54, 1.807) is 37.0 Å². The number of benzene rings is 2. The highest BCUT2D eigenvalue weighted by atomic mass is 19.1. The van der Waals surface area contributed by atoms with Crippen molar-refractivity contribution >= 4 is 28.2 Å². The van der Waals surface area contributed by atoms with Gasteiger partial charge in [0, 0.05) is 69.4 Å². The van der Waals surface area contributed by atoms with Crippen LogP contribution >= 0.6 is 0 Å². The first-order valence-corrected chi connectivity index (χ1v) is 17.9. The molecule has 0 saturated carbocycles. The van der Waals surface area contributed by atoms with Gasteiger partial charge in [0.1, 0.15) is 30.2 Å². The molecule has 11 nitrogen and oxygen atoms in total. The van der Waals surface area contributed by atoms with Crippen LogP contribution in [0.2, 0.25) is 0 Å². The molecule has 51 heavy (non-hydrogen) atoms. The summed E-state index contributed by atoms with van der Waals surface area (Å²) in [5, 5.41) is 16.6. The molecule has 2 aromatic heterocycles. The normalized spacial score (nSPS) is 21.8. The Morgan fingerprint density at radius 2 is 1.92 bits per heavy atom. The lowest BCUT2D eigenvalue weighted by molar-refractivity contribution is 0.0816. The molecule has 0 unspecified atom stereocenters. The molecule has 4 aliphatic heterocycles. The van der Waals surface area contributed by atoms with Crippen LogP contribution in [0.25, 0.3) is 10.8 Å². The largest absolute Gasteiger partial charge is 0.508 e. The predicted octanol–water partition coefficient (Wildman–Crippen LogP) is 5.00. The Morgan fingerprint density at radius 1 is 1.08 bits per heavy atom. The first-order chi connectivity index (χ1) is 24.5. The standard InChI is InChI=1S/C37H43F3N8O3/c1-4-25-27(39)8-7-22-15-24(49)16-29(31(22)25)45-14-9-26-28(19-45)41-36(51-21-37-10-5-12-47(37)18-23(38)17-37)42-34(26)46-11-6-13-48-30(20-46)32(40)33(43-48)35(50)44(2)3/h7-8,15-16,23,49H,4-6,9-14,17-21H2,1-3H3/t23-,37+/m1/s1. The molecule has 2 fully saturated rings. The minimum Gasteiger partial charge on any atom is -0.508 e. The second-order valence-electron chi connectivity index (χ2n) is 14.5. The zero-order valence-electron chi connectivity index (χ0n) is 29.3. The van der Waals surface area contributed by atoms with Crippen molar-refractivity contribution < 1.29 is 27.8 Å². The summed E-state index contributed by atoms with van der Waals surface area (Å²) < 4.78 is 53.5. The van der Waals surface area contributed by atoms with Crippen LogP contribution in [0.1, 0.15) is 65.6 Å². The number of ether oxygens (including phenoxy) is 1. The third-order valence-electron chi connectivity index (χ3n) is 11.1. The Kier molecular flexibility index (Phi) is 8.47. The van der Waals surface area contributed by atoms with Gasteiger partial charge in [0.25, 0.3) is 5.91 Å². The van der Waals surface area contributed by atoms with E-state index in [4.69, 9.17) is 14.7 Å². The van der Waals surface area contributed by atoms with Gasteiger partial charge in [0.15, 0.2) is 11.5 Å². The van der Waals surface area contributed by atoms with Gasteiger partial charge in [0.2, 0.25) is 0 Å². The van der Waals surface area contributed by atoms with Crippen molar-refractivity contribution in [1.29, 1.82) is 0 Å². The van der Waals surface area contributed by atoms with Gasteiger partial charge in [-0.1, -0.05) is 13.0 Å². The number of nitrogens with zero attached hydrogens (tertiary/aromatic N) is 8. The molecule has 8 rings (SSSR count). The molecule has 6 heterocycles. The third kappa shape index (κ3) is 5.81. The summed E-state index contributed by atoms with van der Waals surface area (Å²) >= 11 is 0. The number of carbonyl (C=O) groups excluding carboxylic acids is 1. The predicted molar refractivity (Wildman–Crippen MR) is 186 cm³/mol. The van der Waals surface area contributed by atoms with E-state index in [2.05, 4.69) is 14.9 Å². The lowest BCUT2D eigenvalue weighted by Crippen LogP contribution is -2.43. The Labute approximate surface area is 294 Å². The second kappa shape index (κ2) is 12.9.